The molecule has 90 valence electrons. The van der Waals surface area contributed by atoms with Crippen molar-refractivity contribution in [3.63, 3.8) is 0 Å². The Labute approximate surface area is 96.4 Å². The summed E-state index contributed by atoms with van der Waals surface area (Å²) < 4.78 is 67.1. The molecule has 5 nitrogen and oxygen atoms in total. The fourth-order valence-corrected chi connectivity index (χ4v) is 1.55. The molecule has 6 heteroatoms. The van der Waals surface area contributed by atoms with Crippen molar-refractivity contribution in [2.24, 2.45) is 0 Å². The maximum absolute atomic E-state index is 11.0. The lowest BCUT2D eigenvalue weighted by Crippen LogP contribution is -2.31. The van der Waals surface area contributed by atoms with Crippen LogP contribution >= 0.6 is 0 Å². The first-order chi connectivity index (χ1) is 8.33. The third-order valence-corrected chi connectivity index (χ3v) is 2.23. The van der Waals surface area contributed by atoms with Crippen molar-refractivity contribution in [2.75, 3.05) is 26.0 Å². The number of rotatable bonds is 6. The van der Waals surface area contributed by atoms with E-state index < -0.39 is 35.3 Å². The molecule has 0 bridgehead atoms. The first kappa shape index (κ1) is 8.00. The second-order valence-corrected chi connectivity index (χ2v) is 4.82. The van der Waals surface area contributed by atoms with Gasteiger partial charge in [-0.1, -0.05) is 13.3 Å². The molecule has 0 aliphatic carbocycles. The van der Waals surface area contributed by atoms with Gasteiger partial charge in [-0.3, -0.25) is 4.18 Å². The quantitative estimate of drug-likeness (QED) is 0.647. The lowest BCUT2D eigenvalue weighted by atomic mass is 10.1. The molecule has 1 aliphatic heterocycles. The van der Waals surface area contributed by atoms with Crippen molar-refractivity contribution in [1.29, 1.82) is 0 Å². The second kappa shape index (κ2) is 5.25. The van der Waals surface area contributed by atoms with Gasteiger partial charge in [0, 0.05) is 15.6 Å². The Bertz CT molecular complexity index is 411. The summed E-state index contributed by atoms with van der Waals surface area (Å²) in [5.41, 5.74) is 0. The van der Waals surface area contributed by atoms with Crippen molar-refractivity contribution < 1.29 is 27.6 Å². The zero-order valence-electron chi connectivity index (χ0n) is 12.8. The lowest BCUT2D eigenvalue weighted by molar-refractivity contribution is -0.170. The van der Waals surface area contributed by atoms with E-state index >= 15 is 0 Å². The molecule has 1 fully saturated rings. The van der Waals surface area contributed by atoms with Gasteiger partial charge in [0.15, 0.2) is 5.79 Å². The minimum atomic E-state index is -3.97. The third-order valence-electron chi connectivity index (χ3n) is 1.81. The summed E-state index contributed by atoms with van der Waals surface area (Å²) >= 11 is 0. The average molecular weight is 242 g/mol. The molecule has 1 aliphatic rings. The predicted molar refractivity (Wildman–Crippen MR) is 55.0 cm³/mol. The second-order valence-electron chi connectivity index (χ2n) is 3.25. The van der Waals surface area contributed by atoms with E-state index in [4.69, 9.17) is 15.0 Å². The van der Waals surface area contributed by atoms with Crippen LogP contribution in [-0.4, -0.2) is 40.2 Å². The van der Waals surface area contributed by atoms with E-state index in [9.17, 15) is 8.42 Å². The summed E-state index contributed by atoms with van der Waals surface area (Å²) in [6, 6.07) is 0. The summed E-state index contributed by atoms with van der Waals surface area (Å²) in [6.07, 6.45) is -1.65. The van der Waals surface area contributed by atoms with Gasteiger partial charge in [0.2, 0.25) is 0 Å². The third kappa shape index (κ3) is 4.46. The SMILES string of the molecule is [2H]C([2H])(C)CC1(CC([2H])([2H])OS(C)(=O)=O)OCCO1. The van der Waals surface area contributed by atoms with Crippen molar-refractivity contribution in [3.05, 3.63) is 0 Å². The Balaban J connectivity index is 2.84. The zero-order chi connectivity index (χ0) is 14.9. The highest BCUT2D eigenvalue weighted by Gasteiger charge is 2.35. The van der Waals surface area contributed by atoms with Crippen LogP contribution in [0.25, 0.3) is 0 Å². The molecule has 15 heavy (non-hydrogen) atoms. The van der Waals surface area contributed by atoms with Crippen LogP contribution in [-0.2, 0) is 23.8 Å². The highest BCUT2D eigenvalue weighted by molar-refractivity contribution is 7.85. The zero-order valence-corrected chi connectivity index (χ0v) is 9.59. The monoisotopic (exact) mass is 242 g/mol. The first-order valence-electron chi connectivity index (χ1n) is 6.51. The van der Waals surface area contributed by atoms with Crippen LogP contribution in [0.5, 0.6) is 0 Å². The molecule has 1 saturated heterocycles. The van der Waals surface area contributed by atoms with E-state index in [1.807, 2.05) is 0 Å². The van der Waals surface area contributed by atoms with E-state index in [0.717, 1.165) is 6.26 Å². The Hall–Kier alpha value is -0.170. The fourth-order valence-electron chi connectivity index (χ4n) is 1.28. The van der Waals surface area contributed by atoms with Gasteiger partial charge in [0.1, 0.15) is 0 Å². The molecule has 0 radical (unpaired) electrons. The van der Waals surface area contributed by atoms with Crippen molar-refractivity contribution >= 4 is 10.1 Å². The van der Waals surface area contributed by atoms with Gasteiger partial charge >= 0.3 is 0 Å². The number of hydrogen-bond donors (Lipinski definition) is 0. The topological polar surface area (TPSA) is 61.8 Å². The molecule has 0 unspecified atom stereocenters. The maximum Gasteiger partial charge on any atom is 0.264 e. The van der Waals surface area contributed by atoms with Gasteiger partial charge < -0.3 is 9.47 Å². The first-order valence-corrected chi connectivity index (χ1v) is 6.33. The van der Waals surface area contributed by atoms with Gasteiger partial charge in [-0.15, -0.1) is 0 Å². The molecule has 1 heterocycles. The largest absolute Gasteiger partial charge is 0.347 e. The van der Waals surface area contributed by atoms with E-state index in [1.165, 1.54) is 6.92 Å². The normalized spacial score (nSPS) is 26.5. The molecule has 0 aromatic rings. The van der Waals surface area contributed by atoms with Crippen LogP contribution in [0.2, 0.25) is 0 Å². The summed E-state index contributed by atoms with van der Waals surface area (Å²) in [6.45, 7) is -0.813. The van der Waals surface area contributed by atoms with Crippen LogP contribution in [0, 0.1) is 0 Å². The maximum atomic E-state index is 11.0. The van der Waals surface area contributed by atoms with Crippen molar-refractivity contribution in [1.82, 2.24) is 0 Å². The molecule has 1 rings (SSSR count). The Morgan fingerprint density at radius 2 is 2.00 bits per heavy atom. The van der Waals surface area contributed by atoms with E-state index in [-0.39, 0.29) is 19.6 Å². The molecule has 0 spiro atoms. The highest BCUT2D eigenvalue weighted by Crippen LogP contribution is 2.28. The standard InChI is InChI=1S/C9H18O5S/c1-3-4-9(12-7-8-13-9)5-6-14-15(2,10)11/h3-8H2,1-2H3/i3D2,6D2. The molecule has 0 aromatic carbocycles. The number of ether oxygens (including phenoxy) is 2. The van der Waals surface area contributed by atoms with Crippen LogP contribution in [0.1, 0.15) is 31.6 Å². The molecule has 0 saturated carbocycles. The van der Waals surface area contributed by atoms with Gasteiger partial charge in [-0.05, 0) is 0 Å². The minimum Gasteiger partial charge on any atom is -0.347 e. The molecular weight excluding hydrogens is 220 g/mol. The van der Waals surface area contributed by atoms with Crippen molar-refractivity contribution in [3.8, 4) is 0 Å². The predicted octanol–water partition coefficient (Wildman–Crippen LogP) is 0.896. The Kier molecular flexibility index (Phi) is 2.80. The summed E-state index contributed by atoms with van der Waals surface area (Å²) in [5.74, 6) is -1.51. The number of hydrogen-bond acceptors (Lipinski definition) is 5. The summed E-state index contributed by atoms with van der Waals surface area (Å²) in [5, 5.41) is 0. The Morgan fingerprint density at radius 1 is 1.40 bits per heavy atom. The van der Waals surface area contributed by atoms with Crippen LogP contribution < -0.4 is 0 Å². The smallest absolute Gasteiger partial charge is 0.264 e. The molecule has 0 aromatic heterocycles. The van der Waals surface area contributed by atoms with Crippen LogP contribution in [0.3, 0.4) is 0 Å². The lowest BCUT2D eigenvalue weighted by Gasteiger charge is -2.26. The van der Waals surface area contributed by atoms with Gasteiger partial charge in [0.25, 0.3) is 10.1 Å². The van der Waals surface area contributed by atoms with Gasteiger partial charge in [-0.2, -0.15) is 8.42 Å². The molecule has 0 atom stereocenters. The summed E-state index contributed by atoms with van der Waals surface area (Å²) in [7, 11) is -3.97. The summed E-state index contributed by atoms with van der Waals surface area (Å²) in [4.78, 5) is 0. The van der Waals surface area contributed by atoms with Gasteiger partial charge in [-0.25, -0.2) is 0 Å². The van der Waals surface area contributed by atoms with Crippen molar-refractivity contribution in [2.45, 2.75) is 31.9 Å². The van der Waals surface area contributed by atoms with E-state index in [2.05, 4.69) is 4.18 Å². The highest BCUT2D eigenvalue weighted by atomic mass is 32.2. The Morgan fingerprint density at radius 3 is 2.47 bits per heavy atom. The van der Waals surface area contributed by atoms with E-state index in [1.54, 1.807) is 0 Å². The average Bonchev–Trinajstić information content (AvgIpc) is 2.42. The molecule has 0 amide bonds. The van der Waals surface area contributed by atoms with Gasteiger partial charge in [0.05, 0.1) is 28.8 Å². The minimum absolute atomic E-state index is 0.199. The fraction of sp³-hybridized carbons (Fsp3) is 1.00. The molecule has 0 N–H and O–H groups in total. The van der Waals surface area contributed by atoms with Crippen LogP contribution in [0.4, 0.5) is 0 Å². The molecular formula is C9H18O5S. The van der Waals surface area contributed by atoms with E-state index in [0.29, 0.717) is 0 Å². The van der Waals surface area contributed by atoms with Crippen LogP contribution in [0.15, 0.2) is 0 Å².